The SMILES string of the molecule is COc1ccc(Cl)cc1NC(=O)C(C)OC(=O)CNS(=O)(=O)c1cccs1. The van der Waals surface area contributed by atoms with E-state index in [4.69, 9.17) is 21.1 Å². The van der Waals surface area contributed by atoms with E-state index in [1.807, 2.05) is 0 Å². The molecule has 1 aromatic heterocycles. The third-order valence-corrected chi connectivity index (χ3v) is 6.30. The van der Waals surface area contributed by atoms with E-state index in [0.29, 0.717) is 16.5 Å². The number of benzene rings is 1. The van der Waals surface area contributed by atoms with Gasteiger partial charge < -0.3 is 14.8 Å². The first kappa shape index (κ1) is 21.2. The molecule has 0 saturated carbocycles. The average Bonchev–Trinajstić information content (AvgIpc) is 3.16. The number of rotatable bonds is 8. The Morgan fingerprint density at radius 3 is 2.67 bits per heavy atom. The van der Waals surface area contributed by atoms with Gasteiger partial charge in [-0.15, -0.1) is 11.3 Å². The van der Waals surface area contributed by atoms with E-state index in [-0.39, 0.29) is 4.21 Å². The van der Waals surface area contributed by atoms with Gasteiger partial charge in [0.1, 0.15) is 16.5 Å². The van der Waals surface area contributed by atoms with Gasteiger partial charge in [-0.3, -0.25) is 9.59 Å². The van der Waals surface area contributed by atoms with Crippen molar-refractivity contribution in [1.82, 2.24) is 4.72 Å². The molecule has 1 unspecified atom stereocenters. The molecule has 0 aliphatic carbocycles. The molecular weight excluding hydrogens is 416 g/mol. The van der Waals surface area contributed by atoms with Crippen molar-refractivity contribution >= 4 is 50.5 Å². The van der Waals surface area contributed by atoms with Crippen LogP contribution in [0, 0.1) is 0 Å². The van der Waals surface area contributed by atoms with Gasteiger partial charge in [0.15, 0.2) is 6.10 Å². The normalized spacial score (nSPS) is 12.3. The summed E-state index contributed by atoms with van der Waals surface area (Å²) in [7, 11) is -2.36. The molecule has 146 valence electrons. The minimum Gasteiger partial charge on any atom is -0.495 e. The van der Waals surface area contributed by atoms with Gasteiger partial charge >= 0.3 is 5.97 Å². The second kappa shape index (κ2) is 9.18. The molecule has 1 amide bonds. The zero-order valence-corrected chi connectivity index (χ0v) is 16.8. The number of thiophene rings is 1. The monoisotopic (exact) mass is 432 g/mol. The number of amides is 1. The minimum atomic E-state index is -3.79. The molecule has 1 heterocycles. The van der Waals surface area contributed by atoms with Gasteiger partial charge in [-0.2, -0.15) is 4.72 Å². The van der Waals surface area contributed by atoms with Crippen molar-refractivity contribution < 1.29 is 27.5 Å². The molecule has 2 N–H and O–H groups in total. The fourth-order valence-electron chi connectivity index (χ4n) is 1.95. The van der Waals surface area contributed by atoms with Crippen LogP contribution < -0.4 is 14.8 Å². The number of ether oxygens (including phenoxy) is 2. The highest BCUT2D eigenvalue weighted by molar-refractivity contribution is 7.91. The summed E-state index contributed by atoms with van der Waals surface area (Å²) in [6, 6.07) is 7.65. The Morgan fingerprint density at radius 1 is 1.30 bits per heavy atom. The molecule has 0 radical (unpaired) electrons. The topological polar surface area (TPSA) is 111 Å². The van der Waals surface area contributed by atoms with Crippen LogP contribution in [0.1, 0.15) is 6.92 Å². The Labute approximate surface area is 165 Å². The molecule has 0 spiro atoms. The molecule has 1 atom stereocenters. The quantitative estimate of drug-likeness (QED) is 0.619. The molecule has 0 fully saturated rings. The number of methoxy groups -OCH3 is 1. The van der Waals surface area contributed by atoms with Crippen LogP contribution in [-0.4, -0.2) is 40.1 Å². The van der Waals surface area contributed by atoms with E-state index in [1.165, 1.54) is 26.2 Å². The summed E-state index contributed by atoms with van der Waals surface area (Å²) in [5.41, 5.74) is 0.316. The molecule has 0 aliphatic rings. The molecule has 2 rings (SSSR count). The summed E-state index contributed by atoms with van der Waals surface area (Å²) in [6.45, 7) is 0.760. The van der Waals surface area contributed by atoms with Crippen molar-refractivity contribution in [2.45, 2.75) is 17.2 Å². The third-order valence-electron chi connectivity index (χ3n) is 3.26. The van der Waals surface area contributed by atoms with E-state index < -0.39 is 34.5 Å². The minimum absolute atomic E-state index is 0.0779. The molecular formula is C16H17ClN2O6S2. The molecule has 1 aromatic carbocycles. The summed E-state index contributed by atoms with van der Waals surface area (Å²) in [5, 5.41) is 4.53. The van der Waals surface area contributed by atoms with Gasteiger partial charge in [-0.05, 0) is 36.6 Å². The maximum Gasteiger partial charge on any atom is 0.321 e. The number of esters is 1. The number of hydrogen-bond donors (Lipinski definition) is 2. The van der Waals surface area contributed by atoms with E-state index in [9.17, 15) is 18.0 Å². The average molecular weight is 433 g/mol. The molecule has 11 heteroatoms. The van der Waals surface area contributed by atoms with Crippen LogP contribution in [0.15, 0.2) is 39.9 Å². The number of sulfonamides is 1. The molecule has 8 nitrogen and oxygen atoms in total. The largest absolute Gasteiger partial charge is 0.495 e. The van der Waals surface area contributed by atoms with Crippen LogP contribution in [0.4, 0.5) is 5.69 Å². The van der Waals surface area contributed by atoms with E-state index in [1.54, 1.807) is 23.6 Å². The highest BCUT2D eigenvalue weighted by atomic mass is 35.5. The highest BCUT2D eigenvalue weighted by Gasteiger charge is 2.22. The van der Waals surface area contributed by atoms with Crippen molar-refractivity contribution in [3.05, 3.63) is 40.7 Å². The Hall–Kier alpha value is -2.14. The number of nitrogens with one attached hydrogen (secondary N) is 2. The zero-order chi connectivity index (χ0) is 20.0. The van der Waals surface area contributed by atoms with Crippen LogP contribution in [-0.2, 0) is 24.3 Å². The molecule has 0 saturated heterocycles. The summed E-state index contributed by atoms with van der Waals surface area (Å²) >= 11 is 6.91. The molecule has 0 bridgehead atoms. The van der Waals surface area contributed by atoms with Crippen molar-refractivity contribution in [2.75, 3.05) is 19.0 Å². The predicted octanol–water partition coefficient (Wildman–Crippen LogP) is 2.26. The lowest BCUT2D eigenvalue weighted by Gasteiger charge is -2.15. The summed E-state index contributed by atoms with van der Waals surface area (Å²) in [5.74, 6) is -1.13. The fourth-order valence-corrected chi connectivity index (χ4v) is 4.12. The number of carbonyl (C=O) groups is 2. The number of anilines is 1. The van der Waals surface area contributed by atoms with Crippen LogP contribution in [0.2, 0.25) is 5.02 Å². The van der Waals surface area contributed by atoms with Gasteiger partial charge in [0.25, 0.3) is 15.9 Å². The van der Waals surface area contributed by atoms with E-state index in [0.717, 1.165) is 11.3 Å². The lowest BCUT2D eigenvalue weighted by atomic mass is 10.2. The van der Waals surface area contributed by atoms with Gasteiger partial charge in [-0.1, -0.05) is 17.7 Å². The zero-order valence-electron chi connectivity index (χ0n) is 14.4. The summed E-state index contributed by atoms with van der Waals surface area (Å²) in [4.78, 5) is 24.0. The Bertz CT molecular complexity index is 915. The van der Waals surface area contributed by atoms with Crippen molar-refractivity contribution in [1.29, 1.82) is 0 Å². The first-order valence-electron chi connectivity index (χ1n) is 7.60. The first-order valence-corrected chi connectivity index (χ1v) is 10.3. The Morgan fingerprint density at radius 2 is 2.04 bits per heavy atom. The summed E-state index contributed by atoms with van der Waals surface area (Å²) < 4.78 is 36.2. The standard InChI is InChI=1S/C16H17ClN2O6S2/c1-10(16(21)19-12-8-11(17)5-6-13(12)24-2)25-14(20)9-18-27(22,23)15-4-3-7-26-15/h3-8,10,18H,9H2,1-2H3,(H,19,21). The molecule has 27 heavy (non-hydrogen) atoms. The Balaban J connectivity index is 1.90. The lowest BCUT2D eigenvalue weighted by Crippen LogP contribution is -2.35. The molecule has 2 aromatic rings. The van der Waals surface area contributed by atoms with Gasteiger partial charge in [0, 0.05) is 5.02 Å². The smallest absolute Gasteiger partial charge is 0.321 e. The van der Waals surface area contributed by atoms with Crippen molar-refractivity contribution in [3.63, 3.8) is 0 Å². The second-order valence-electron chi connectivity index (χ2n) is 5.22. The van der Waals surface area contributed by atoms with Crippen molar-refractivity contribution in [2.24, 2.45) is 0 Å². The maximum absolute atomic E-state index is 12.2. The fraction of sp³-hybridized carbons (Fsp3) is 0.250. The second-order valence-corrected chi connectivity index (χ2v) is 8.60. The van der Waals surface area contributed by atoms with Gasteiger partial charge in [-0.25, -0.2) is 8.42 Å². The number of halogens is 1. The Kier molecular flexibility index (Phi) is 7.19. The van der Waals surface area contributed by atoms with Gasteiger partial charge in [0.05, 0.1) is 12.8 Å². The van der Waals surface area contributed by atoms with E-state index >= 15 is 0 Å². The van der Waals surface area contributed by atoms with Crippen LogP contribution >= 0.6 is 22.9 Å². The highest BCUT2D eigenvalue weighted by Crippen LogP contribution is 2.27. The molecule has 0 aliphatic heterocycles. The van der Waals surface area contributed by atoms with Crippen molar-refractivity contribution in [3.8, 4) is 5.75 Å². The third kappa shape index (κ3) is 5.93. The van der Waals surface area contributed by atoms with Crippen LogP contribution in [0.5, 0.6) is 5.75 Å². The van der Waals surface area contributed by atoms with Gasteiger partial charge in [0.2, 0.25) is 0 Å². The maximum atomic E-state index is 12.2. The predicted molar refractivity (Wildman–Crippen MR) is 102 cm³/mol. The number of hydrogen-bond acceptors (Lipinski definition) is 7. The van der Waals surface area contributed by atoms with E-state index in [2.05, 4.69) is 10.0 Å². The lowest BCUT2D eigenvalue weighted by molar-refractivity contribution is -0.151. The first-order chi connectivity index (χ1) is 12.7. The van der Waals surface area contributed by atoms with Crippen LogP contribution in [0.25, 0.3) is 0 Å². The summed E-state index contributed by atoms with van der Waals surface area (Å²) in [6.07, 6.45) is -1.16. The van der Waals surface area contributed by atoms with Crippen LogP contribution in [0.3, 0.4) is 0 Å². The number of carbonyl (C=O) groups excluding carboxylic acids is 2.